The Balaban J connectivity index is 1.30. The van der Waals surface area contributed by atoms with Crippen molar-refractivity contribution in [1.29, 1.82) is 0 Å². The molecule has 0 bridgehead atoms. The number of ether oxygens (including phenoxy) is 1. The summed E-state index contributed by atoms with van der Waals surface area (Å²) in [4.78, 5) is 19.1. The van der Waals surface area contributed by atoms with Crippen molar-refractivity contribution in [3.63, 3.8) is 0 Å². The highest BCUT2D eigenvalue weighted by Crippen LogP contribution is 2.22. The fourth-order valence-corrected chi connectivity index (χ4v) is 4.96. The van der Waals surface area contributed by atoms with E-state index in [1.807, 2.05) is 19.1 Å². The van der Waals surface area contributed by atoms with Crippen molar-refractivity contribution in [1.82, 2.24) is 10.0 Å². The summed E-state index contributed by atoms with van der Waals surface area (Å²) >= 11 is 0. The number of rotatable bonds is 6. The fraction of sp³-hybridized carbons (Fsp3) is 0.364. The first kappa shape index (κ1) is 21.3. The second kappa shape index (κ2) is 9.07. The molecule has 2 aromatic carbocycles. The van der Waals surface area contributed by atoms with Gasteiger partial charge >= 0.3 is 0 Å². The Morgan fingerprint density at radius 3 is 2.61 bits per heavy atom. The summed E-state index contributed by atoms with van der Waals surface area (Å²) in [6, 6.07) is 14.7. The number of carbonyl (C=O) groups excluding carboxylic acids is 1. The van der Waals surface area contributed by atoms with Crippen LogP contribution in [0.1, 0.15) is 30.5 Å². The van der Waals surface area contributed by atoms with E-state index in [0.717, 1.165) is 37.6 Å². The van der Waals surface area contributed by atoms with Crippen LogP contribution < -0.4 is 14.9 Å². The van der Waals surface area contributed by atoms with Crippen molar-refractivity contribution in [2.45, 2.75) is 24.3 Å². The number of amides is 1. The fourth-order valence-electron chi connectivity index (χ4n) is 3.71. The van der Waals surface area contributed by atoms with Crippen LogP contribution in [0, 0.1) is 0 Å². The van der Waals surface area contributed by atoms with Gasteiger partial charge < -0.3 is 15.0 Å². The van der Waals surface area contributed by atoms with E-state index in [1.165, 1.54) is 0 Å². The molecule has 9 heteroatoms. The van der Waals surface area contributed by atoms with Crippen molar-refractivity contribution in [2.75, 3.05) is 37.7 Å². The molecule has 2 aliphatic rings. The molecule has 1 amide bonds. The molecule has 0 aromatic heterocycles. The molecule has 1 atom stereocenters. The van der Waals surface area contributed by atoms with Gasteiger partial charge in [-0.15, -0.1) is 0 Å². The van der Waals surface area contributed by atoms with E-state index < -0.39 is 10.0 Å². The smallest absolute Gasteiger partial charge is 0.263 e. The van der Waals surface area contributed by atoms with Gasteiger partial charge in [-0.2, -0.15) is 0 Å². The zero-order valence-corrected chi connectivity index (χ0v) is 18.2. The van der Waals surface area contributed by atoms with E-state index in [4.69, 9.17) is 4.74 Å². The van der Waals surface area contributed by atoms with E-state index in [0.29, 0.717) is 5.56 Å². The first-order valence-electron chi connectivity index (χ1n) is 10.3. The molecule has 2 aromatic rings. The van der Waals surface area contributed by atoms with Crippen LogP contribution in [0.3, 0.4) is 0 Å². The van der Waals surface area contributed by atoms with Gasteiger partial charge in [0.1, 0.15) is 5.84 Å². The Hall–Kier alpha value is -2.91. The van der Waals surface area contributed by atoms with Crippen LogP contribution in [0.25, 0.3) is 0 Å². The van der Waals surface area contributed by atoms with Crippen LogP contribution in [0.4, 0.5) is 5.69 Å². The Bertz CT molecular complexity index is 1080. The van der Waals surface area contributed by atoms with Gasteiger partial charge in [-0.1, -0.05) is 24.3 Å². The maximum atomic E-state index is 12.3. The molecule has 1 unspecified atom stereocenters. The Morgan fingerprint density at radius 1 is 1.16 bits per heavy atom. The largest absolute Gasteiger partial charge is 0.378 e. The lowest BCUT2D eigenvalue weighted by molar-refractivity contribution is -0.121. The minimum absolute atomic E-state index is 0.135. The number of carbonyl (C=O) groups is 1. The number of hydrogen-bond donors (Lipinski definition) is 2. The topological polar surface area (TPSA) is 100 Å². The number of aliphatic imine (C=N–C) groups is 1. The average Bonchev–Trinajstić information content (AvgIpc) is 3.05. The Kier molecular flexibility index (Phi) is 6.24. The maximum absolute atomic E-state index is 12.3. The van der Waals surface area contributed by atoms with Gasteiger partial charge in [-0.3, -0.25) is 14.5 Å². The number of hydrogen-bond acceptors (Lipinski definition) is 6. The van der Waals surface area contributed by atoms with E-state index in [1.54, 1.807) is 24.3 Å². The van der Waals surface area contributed by atoms with E-state index in [-0.39, 0.29) is 35.6 Å². The van der Waals surface area contributed by atoms with E-state index in [9.17, 15) is 13.2 Å². The molecule has 2 heterocycles. The normalized spacial score (nSPS) is 19.5. The summed E-state index contributed by atoms with van der Waals surface area (Å²) in [5.74, 6) is 0.151. The lowest BCUT2D eigenvalue weighted by atomic mass is 10.1. The standard InChI is InChI=1S/C22H26N4O4S/c1-16(17-6-8-18(9-7-17)26-12-14-30-15-13-26)24-21(27)10-11-23-22-19-4-2-3-5-20(19)31(28,29)25-22/h2-9,16H,10-15H2,1H3,(H,23,25)(H,24,27). The summed E-state index contributed by atoms with van der Waals surface area (Å²) in [5.41, 5.74) is 2.71. The van der Waals surface area contributed by atoms with Gasteiger partial charge in [0.05, 0.1) is 30.7 Å². The SMILES string of the molecule is CC(NC(=O)CCN=C1NS(=O)(=O)c2ccccc21)c1ccc(N2CCOCC2)cc1. The molecule has 2 N–H and O–H groups in total. The van der Waals surface area contributed by atoms with Crippen molar-refractivity contribution < 1.29 is 17.9 Å². The van der Waals surface area contributed by atoms with Gasteiger partial charge in [0.25, 0.3) is 10.0 Å². The van der Waals surface area contributed by atoms with Gasteiger partial charge in [0, 0.05) is 30.8 Å². The molecule has 1 fully saturated rings. The molecule has 2 aliphatic heterocycles. The lowest BCUT2D eigenvalue weighted by Crippen LogP contribution is -2.36. The molecular formula is C22H26N4O4S. The molecule has 0 saturated carbocycles. The van der Waals surface area contributed by atoms with Crippen LogP contribution in [0.15, 0.2) is 58.4 Å². The molecule has 164 valence electrons. The number of morpholine rings is 1. The number of anilines is 1. The summed E-state index contributed by atoms with van der Waals surface area (Å²) in [7, 11) is -3.56. The van der Waals surface area contributed by atoms with Crippen molar-refractivity contribution in [2.24, 2.45) is 4.99 Å². The van der Waals surface area contributed by atoms with Gasteiger partial charge in [0.2, 0.25) is 5.91 Å². The molecule has 0 radical (unpaired) electrons. The number of benzene rings is 2. The predicted molar refractivity (Wildman–Crippen MR) is 119 cm³/mol. The monoisotopic (exact) mass is 442 g/mol. The third kappa shape index (κ3) is 4.88. The van der Waals surface area contributed by atoms with Gasteiger partial charge in [0.15, 0.2) is 0 Å². The van der Waals surface area contributed by atoms with Gasteiger partial charge in [-0.25, -0.2) is 8.42 Å². The number of sulfonamides is 1. The summed E-state index contributed by atoms with van der Waals surface area (Å²) < 4.78 is 32.0. The third-order valence-corrected chi connectivity index (χ3v) is 6.82. The molecule has 31 heavy (non-hydrogen) atoms. The zero-order valence-electron chi connectivity index (χ0n) is 17.4. The van der Waals surface area contributed by atoms with Gasteiger partial charge in [-0.05, 0) is 36.8 Å². The molecule has 4 rings (SSSR count). The molecular weight excluding hydrogens is 416 g/mol. The predicted octanol–water partition coefficient (Wildman–Crippen LogP) is 1.83. The first-order chi connectivity index (χ1) is 14.9. The number of nitrogens with one attached hydrogen (secondary N) is 2. The van der Waals surface area contributed by atoms with Crippen LogP contribution in [-0.2, 0) is 19.6 Å². The first-order valence-corrected chi connectivity index (χ1v) is 11.8. The lowest BCUT2D eigenvalue weighted by Gasteiger charge is -2.29. The van der Waals surface area contributed by atoms with E-state index in [2.05, 4.69) is 32.1 Å². The number of amidine groups is 1. The van der Waals surface area contributed by atoms with E-state index >= 15 is 0 Å². The second-order valence-electron chi connectivity index (χ2n) is 7.56. The molecule has 0 spiro atoms. The zero-order chi connectivity index (χ0) is 21.8. The maximum Gasteiger partial charge on any atom is 0.263 e. The molecule has 8 nitrogen and oxygen atoms in total. The number of fused-ring (bicyclic) bond motifs is 1. The minimum Gasteiger partial charge on any atom is -0.378 e. The second-order valence-corrected chi connectivity index (χ2v) is 9.21. The highest BCUT2D eigenvalue weighted by molar-refractivity contribution is 7.90. The third-order valence-electron chi connectivity index (χ3n) is 5.42. The quantitative estimate of drug-likeness (QED) is 0.711. The molecule has 1 saturated heterocycles. The summed E-state index contributed by atoms with van der Waals surface area (Å²) in [6.45, 7) is 5.38. The molecule has 0 aliphatic carbocycles. The van der Waals surface area contributed by atoms with Crippen LogP contribution in [0.5, 0.6) is 0 Å². The van der Waals surface area contributed by atoms with Crippen LogP contribution >= 0.6 is 0 Å². The summed E-state index contributed by atoms with van der Waals surface area (Å²) in [6.07, 6.45) is 0.170. The van der Waals surface area contributed by atoms with Crippen molar-refractivity contribution in [3.05, 3.63) is 59.7 Å². The summed E-state index contributed by atoms with van der Waals surface area (Å²) in [5, 5.41) is 2.98. The highest BCUT2D eigenvalue weighted by Gasteiger charge is 2.30. The van der Waals surface area contributed by atoms with Crippen LogP contribution in [0.2, 0.25) is 0 Å². The Labute approximate surface area is 182 Å². The Morgan fingerprint density at radius 2 is 1.87 bits per heavy atom. The minimum atomic E-state index is -3.56. The number of nitrogens with zero attached hydrogens (tertiary/aromatic N) is 2. The van der Waals surface area contributed by atoms with Crippen LogP contribution in [-0.4, -0.2) is 53.0 Å². The highest BCUT2D eigenvalue weighted by atomic mass is 32.2. The average molecular weight is 443 g/mol. The van der Waals surface area contributed by atoms with Crippen molar-refractivity contribution >= 4 is 27.5 Å². The van der Waals surface area contributed by atoms with Crippen molar-refractivity contribution in [3.8, 4) is 0 Å².